The van der Waals surface area contributed by atoms with Gasteiger partial charge in [0, 0.05) is 63.1 Å². The Hall–Kier alpha value is -2.24. The first-order valence-corrected chi connectivity index (χ1v) is 12.3. The molecule has 0 bridgehead atoms. The summed E-state index contributed by atoms with van der Waals surface area (Å²) >= 11 is 0. The van der Waals surface area contributed by atoms with E-state index in [-0.39, 0.29) is 36.2 Å². The lowest BCUT2D eigenvalue weighted by molar-refractivity contribution is -0.132. The summed E-state index contributed by atoms with van der Waals surface area (Å²) in [5.41, 5.74) is 7.40. The Morgan fingerprint density at radius 1 is 0.939 bits per heavy atom. The maximum Gasteiger partial charge on any atom is 0.253 e. The van der Waals surface area contributed by atoms with Crippen LogP contribution in [0.5, 0.6) is 0 Å². The van der Waals surface area contributed by atoms with Crippen LogP contribution in [0.25, 0.3) is 0 Å². The molecule has 10 heteroatoms. The molecule has 4 atom stereocenters. The lowest BCUT2D eigenvalue weighted by Crippen LogP contribution is -2.76. The number of likely N-dealkylation sites (tertiary alicyclic amines) is 1. The first-order valence-electron chi connectivity index (χ1n) is 12.3. The Kier molecular flexibility index (Phi) is 7.07. The van der Waals surface area contributed by atoms with Crippen LogP contribution in [0.15, 0.2) is 24.3 Å². The van der Waals surface area contributed by atoms with E-state index in [2.05, 4.69) is 37.0 Å². The molecule has 5 rings (SSSR count). The molecular weight excluding hydrogens is 420 g/mol. The molecule has 1 aromatic rings. The van der Waals surface area contributed by atoms with Crippen molar-refractivity contribution < 1.29 is 9.59 Å². The second kappa shape index (κ2) is 10.4. The number of anilines is 1. The van der Waals surface area contributed by atoms with E-state index in [0.29, 0.717) is 12.1 Å². The second-order valence-electron chi connectivity index (χ2n) is 9.43. The quantitative estimate of drug-likeness (QED) is 0.358. The fraction of sp³-hybridized carbons (Fsp3) is 0.652. The minimum atomic E-state index is -0.253. The summed E-state index contributed by atoms with van der Waals surface area (Å²) in [5.74, 6) is -0.206. The smallest absolute Gasteiger partial charge is 0.253 e. The van der Waals surface area contributed by atoms with Gasteiger partial charge in [0.15, 0.2) is 0 Å². The lowest BCUT2D eigenvalue weighted by Gasteiger charge is -2.48. The number of carbonyl (C=O) groups excluding carboxylic acids is 2. The van der Waals surface area contributed by atoms with Crippen molar-refractivity contribution in [3.63, 3.8) is 0 Å². The third-order valence-electron chi connectivity index (χ3n) is 7.20. The molecule has 4 aliphatic rings. The molecule has 33 heavy (non-hydrogen) atoms. The van der Waals surface area contributed by atoms with Gasteiger partial charge in [0.1, 0.15) is 6.29 Å². The SMILES string of the molecule is O=C1NNCC2NC(N3CCCCCC3)NC(Nc3ccc(C(=O)N4CCNCC4)cc3)C12. The normalized spacial score (nSPS) is 31.3. The lowest BCUT2D eigenvalue weighted by atomic mass is 9.91. The van der Waals surface area contributed by atoms with Gasteiger partial charge in [-0.25, -0.2) is 5.43 Å². The van der Waals surface area contributed by atoms with Gasteiger partial charge in [-0.05, 0) is 37.1 Å². The Morgan fingerprint density at radius 3 is 2.39 bits per heavy atom. The van der Waals surface area contributed by atoms with Crippen LogP contribution in [-0.2, 0) is 4.79 Å². The van der Waals surface area contributed by atoms with Crippen molar-refractivity contribution in [3.8, 4) is 0 Å². The molecule has 2 amide bonds. The highest BCUT2D eigenvalue weighted by molar-refractivity contribution is 5.94. The molecule has 0 radical (unpaired) electrons. The second-order valence-corrected chi connectivity index (χ2v) is 9.43. The number of nitrogens with one attached hydrogen (secondary N) is 6. The number of amides is 2. The third-order valence-corrected chi connectivity index (χ3v) is 7.20. The standard InChI is InChI=1S/C23H36N8O2/c32-21-19-18(15-25-29-21)27-23(31-11-3-1-2-4-12-31)28-20(19)26-17-7-5-16(6-8-17)22(33)30-13-9-24-10-14-30/h5-8,18-20,23-28H,1-4,9-15H2,(H,29,32). The largest absolute Gasteiger partial charge is 0.369 e. The summed E-state index contributed by atoms with van der Waals surface area (Å²) in [6, 6.07) is 7.65. The van der Waals surface area contributed by atoms with Gasteiger partial charge in [-0.1, -0.05) is 12.8 Å². The van der Waals surface area contributed by atoms with Crippen LogP contribution in [0.1, 0.15) is 36.0 Å². The predicted octanol–water partition coefficient (Wildman–Crippen LogP) is -0.558. The first-order chi connectivity index (χ1) is 16.2. The molecule has 4 fully saturated rings. The first kappa shape index (κ1) is 22.5. The van der Waals surface area contributed by atoms with Crippen molar-refractivity contribution in [3.05, 3.63) is 29.8 Å². The predicted molar refractivity (Wildman–Crippen MR) is 126 cm³/mol. The van der Waals surface area contributed by atoms with E-state index in [1.165, 1.54) is 25.7 Å². The van der Waals surface area contributed by atoms with Gasteiger partial charge in [-0.2, -0.15) is 0 Å². The average molecular weight is 457 g/mol. The molecule has 1 aromatic carbocycles. The topological polar surface area (TPSA) is 113 Å². The van der Waals surface area contributed by atoms with Gasteiger partial charge in [0.05, 0.1) is 12.1 Å². The average Bonchev–Trinajstić information content (AvgIpc) is 3.14. The van der Waals surface area contributed by atoms with Crippen LogP contribution in [0, 0.1) is 5.92 Å². The van der Waals surface area contributed by atoms with Gasteiger partial charge in [0.25, 0.3) is 5.91 Å². The molecule has 0 aliphatic carbocycles. The Balaban J connectivity index is 1.29. The molecule has 4 unspecified atom stereocenters. The number of hydrogen-bond donors (Lipinski definition) is 6. The highest BCUT2D eigenvalue weighted by atomic mass is 16.2. The van der Waals surface area contributed by atoms with E-state index in [9.17, 15) is 9.59 Å². The van der Waals surface area contributed by atoms with Crippen molar-refractivity contribution in [1.29, 1.82) is 0 Å². The fourth-order valence-corrected chi connectivity index (χ4v) is 5.35. The number of benzene rings is 1. The number of hydrazine groups is 1. The zero-order valence-corrected chi connectivity index (χ0v) is 19.1. The maximum absolute atomic E-state index is 12.8. The van der Waals surface area contributed by atoms with E-state index < -0.39 is 0 Å². The number of fused-ring (bicyclic) bond motifs is 1. The number of nitrogens with zero attached hydrogens (tertiary/aromatic N) is 2. The molecular formula is C23H36N8O2. The van der Waals surface area contributed by atoms with Crippen molar-refractivity contribution in [2.45, 2.75) is 44.2 Å². The zero-order valence-electron chi connectivity index (χ0n) is 19.1. The van der Waals surface area contributed by atoms with E-state index in [1.807, 2.05) is 29.2 Å². The number of carbonyl (C=O) groups is 2. The van der Waals surface area contributed by atoms with Crippen molar-refractivity contribution in [2.24, 2.45) is 5.92 Å². The number of hydrogen-bond acceptors (Lipinski definition) is 8. The highest BCUT2D eigenvalue weighted by Gasteiger charge is 2.44. The number of rotatable bonds is 4. The molecule has 180 valence electrons. The molecule has 4 saturated heterocycles. The number of piperazine rings is 1. The molecule has 0 aromatic heterocycles. The van der Waals surface area contributed by atoms with Crippen LogP contribution in [0.2, 0.25) is 0 Å². The van der Waals surface area contributed by atoms with Crippen molar-refractivity contribution >= 4 is 17.5 Å². The fourth-order valence-electron chi connectivity index (χ4n) is 5.35. The summed E-state index contributed by atoms with van der Waals surface area (Å²) in [7, 11) is 0. The van der Waals surface area contributed by atoms with Gasteiger partial charge in [-0.15, -0.1) is 0 Å². The molecule has 4 aliphatic heterocycles. The van der Waals surface area contributed by atoms with Gasteiger partial charge in [0.2, 0.25) is 5.91 Å². The van der Waals surface area contributed by atoms with Gasteiger partial charge < -0.3 is 15.5 Å². The van der Waals surface area contributed by atoms with Crippen LogP contribution >= 0.6 is 0 Å². The summed E-state index contributed by atoms with van der Waals surface area (Å²) in [5, 5.41) is 14.1. The molecule has 0 spiro atoms. The van der Waals surface area contributed by atoms with Crippen LogP contribution in [0.3, 0.4) is 0 Å². The minimum Gasteiger partial charge on any atom is -0.369 e. The maximum atomic E-state index is 12.8. The van der Waals surface area contributed by atoms with Crippen LogP contribution in [0.4, 0.5) is 5.69 Å². The van der Waals surface area contributed by atoms with E-state index in [4.69, 9.17) is 0 Å². The summed E-state index contributed by atoms with van der Waals surface area (Å²) in [4.78, 5) is 29.8. The van der Waals surface area contributed by atoms with E-state index >= 15 is 0 Å². The highest BCUT2D eigenvalue weighted by Crippen LogP contribution is 2.23. The monoisotopic (exact) mass is 456 g/mol. The van der Waals surface area contributed by atoms with Crippen molar-refractivity contribution in [1.82, 2.24) is 36.6 Å². The zero-order chi connectivity index (χ0) is 22.6. The van der Waals surface area contributed by atoms with Crippen molar-refractivity contribution in [2.75, 3.05) is 51.1 Å². The van der Waals surface area contributed by atoms with Gasteiger partial charge in [-0.3, -0.25) is 30.5 Å². The van der Waals surface area contributed by atoms with E-state index in [1.54, 1.807) is 0 Å². The van der Waals surface area contributed by atoms with Crippen LogP contribution in [-0.4, -0.2) is 85.9 Å². The molecule has 4 heterocycles. The van der Waals surface area contributed by atoms with Crippen LogP contribution < -0.4 is 32.1 Å². The Labute approximate surface area is 195 Å². The molecule has 0 saturated carbocycles. The molecule has 6 N–H and O–H groups in total. The van der Waals surface area contributed by atoms with E-state index in [0.717, 1.165) is 45.0 Å². The summed E-state index contributed by atoms with van der Waals surface area (Å²) in [6.45, 7) is 5.94. The summed E-state index contributed by atoms with van der Waals surface area (Å²) in [6.07, 6.45) is 4.75. The Morgan fingerprint density at radius 2 is 1.67 bits per heavy atom. The molecule has 10 nitrogen and oxygen atoms in total. The third kappa shape index (κ3) is 5.15. The summed E-state index contributed by atoms with van der Waals surface area (Å²) < 4.78 is 0. The van der Waals surface area contributed by atoms with Gasteiger partial charge >= 0.3 is 0 Å². The Bertz CT molecular complexity index is 820. The minimum absolute atomic E-state index is 0.0168.